The Morgan fingerprint density at radius 3 is 2.68 bits per heavy atom. The molecule has 3 nitrogen and oxygen atoms in total. The molecule has 0 aliphatic carbocycles. The summed E-state index contributed by atoms with van der Waals surface area (Å²) in [4.78, 5) is 4.67. The molecule has 1 heterocycles. The number of hydrogen-bond acceptors (Lipinski definition) is 4. The van der Waals surface area contributed by atoms with Crippen molar-refractivity contribution in [2.75, 3.05) is 7.11 Å². The van der Waals surface area contributed by atoms with Gasteiger partial charge in [0, 0.05) is 5.56 Å². The van der Waals surface area contributed by atoms with E-state index in [0.717, 1.165) is 37.3 Å². The highest BCUT2D eigenvalue weighted by molar-refractivity contribution is 7.18. The molecule has 25 heavy (non-hydrogen) atoms. The lowest BCUT2D eigenvalue weighted by atomic mass is 9.95. The van der Waals surface area contributed by atoms with E-state index in [1.807, 2.05) is 42.5 Å². The fourth-order valence-corrected chi connectivity index (χ4v) is 4.16. The Hall–Kier alpha value is -2.90. The van der Waals surface area contributed by atoms with Crippen LogP contribution in [-0.2, 0) is 6.42 Å². The van der Waals surface area contributed by atoms with Crippen molar-refractivity contribution in [2.45, 2.75) is 12.3 Å². The molecular weight excluding hydrogens is 328 g/mol. The van der Waals surface area contributed by atoms with Gasteiger partial charge in [-0.25, -0.2) is 4.98 Å². The zero-order valence-electron chi connectivity index (χ0n) is 13.8. The lowest BCUT2D eigenvalue weighted by Crippen LogP contribution is -2.03. The summed E-state index contributed by atoms with van der Waals surface area (Å²) in [7, 11) is 1.67. The summed E-state index contributed by atoms with van der Waals surface area (Å²) >= 11 is 1.59. The van der Waals surface area contributed by atoms with Gasteiger partial charge in [-0.3, -0.25) is 0 Å². The van der Waals surface area contributed by atoms with Crippen molar-refractivity contribution in [3.8, 4) is 11.8 Å². The van der Waals surface area contributed by atoms with Gasteiger partial charge in [-0.2, -0.15) is 5.26 Å². The molecule has 4 aromatic rings. The molecule has 0 amide bonds. The number of nitrogens with zero attached hydrogens (tertiary/aromatic N) is 2. The van der Waals surface area contributed by atoms with Crippen LogP contribution in [0, 0.1) is 11.3 Å². The van der Waals surface area contributed by atoms with Gasteiger partial charge < -0.3 is 4.74 Å². The van der Waals surface area contributed by atoms with Crippen LogP contribution in [-0.4, -0.2) is 12.1 Å². The Balaban J connectivity index is 1.79. The summed E-state index contributed by atoms with van der Waals surface area (Å²) in [6, 6.07) is 22.7. The van der Waals surface area contributed by atoms with Gasteiger partial charge in [0.25, 0.3) is 0 Å². The molecule has 3 aromatic carbocycles. The molecule has 0 aliphatic heterocycles. The van der Waals surface area contributed by atoms with Gasteiger partial charge in [0.1, 0.15) is 16.7 Å². The van der Waals surface area contributed by atoms with Crippen molar-refractivity contribution in [1.82, 2.24) is 4.98 Å². The number of fused-ring (bicyclic) bond motifs is 2. The highest BCUT2D eigenvalue weighted by Gasteiger charge is 2.20. The first-order valence-corrected chi connectivity index (χ1v) is 8.91. The summed E-state index contributed by atoms with van der Waals surface area (Å²) in [6.45, 7) is 0. The van der Waals surface area contributed by atoms with Crippen molar-refractivity contribution in [3.05, 3.63) is 71.2 Å². The highest BCUT2D eigenvalue weighted by atomic mass is 32.1. The van der Waals surface area contributed by atoms with Gasteiger partial charge in [0.05, 0.1) is 23.4 Å². The fourth-order valence-electron chi connectivity index (χ4n) is 3.15. The number of rotatable bonds is 4. The first-order valence-electron chi connectivity index (χ1n) is 8.10. The van der Waals surface area contributed by atoms with E-state index < -0.39 is 0 Å². The van der Waals surface area contributed by atoms with E-state index in [2.05, 4.69) is 29.3 Å². The molecular formula is C21H16N2OS. The average molecular weight is 344 g/mol. The minimum Gasteiger partial charge on any atom is -0.496 e. The molecule has 1 atom stereocenters. The lowest BCUT2D eigenvalue weighted by Gasteiger charge is -2.14. The second kappa shape index (κ2) is 6.54. The Morgan fingerprint density at radius 2 is 1.88 bits per heavy atom. The van der Waals surface area contributed by atoms with Crippen LogP contribution >= 0.6 is 11.3 Å². The molecule has 0 aliphatic rings. The molecule has 0 N–H and O–H groups in total. The first kappa shape index (κ1) is 15.6. The SMILES string of the molecule is COc1ccc2ccccc2c1CC(C#N)c1nc2ccccc2s1. The standard InChI is InChI=1S/C21H16N2OS/c1-24-19-11-10-14-6-2-3-7-16(14)17(19)12-15(13-22)21-23-18-8-4-5-9-20(18)25-21/h2-11,15H,12H2,1H3. The molecule has 0 fully saturated rings. The van der Waals surface area contributed by atoms with Crippen LogP contribution in [0.1, 0.15) is 16.5 Å². The zero-order chi connectivity index (χ0) is 17.2. The van der Waals surface area contributed by atoms with Crippen molar-refractivity contribution >= 4 is 32.3 Å². The summed E-state index contributed by atoms with van der Waals surface area (Å²) in [5, 5.41) is 12.9. The first-order chi connectivity index (χ1) is 12.3. The van der Waals surface area contributed by atoms with Gasteiger partial charge >= 0.3 is 0 Å². The molecule has 122 valence electrons. The second-order valence-electron chi connectivity index (χ2n) is 5.87. The summed E-state index contributed by atoms with van der Waals surface area (Å²) in [5.74, 6) is 0.525. The summed E-state index contributed by atoms with van der Waals surface area (Å²) < 4.78 is 6.68. The Kier molecular flexibility index (Phi) is 4.09. The molecule has 4 heteroatoms. The predicted molar refractivity (Wildman–Crippen MR) is 102 cm³/mol. The topological polar surface area (TPSA) is 45.9 Å². The maximum absolute atomic E-state index is 9.78. The third-order valence-electron chi connectivity index (χ3n) is 4.39. The smallest absolute Gasteiger partial charge is 0.122 e. The minimum atomic E-state index is -0.294. The maximum atomic E-state index is 9.78. The summed E-state index contributed by atoms with van der Waals surface area (Å²) in [6.07, 6.45) is 0.584. The second-order valence-corrected chi connectivity index (χ2v) is 6.94. The minimum absolute atomic E-state index is 0.294. The van der Waals surface area contributed by atoms with Crippen LogP contribution in [0.3, 0.4) is 0 Å². The van der Waals surface area contributed by atoms with E-state index >= 15 is 0 Å². The third-order valence-corrected chi connectivity index (χ3v) is 5.54. The van der Waals surface area contributed by atoms with Crippen molar-refractivity contribution < 1.29 is 4.74 Å². The monoisotopic (exact) mass is 344 g/mol. The molecule has 1 unspecified atom stereocenters. The van der Waals surface area contributed by atoms with Crippen LogP contribution in [0.2, 0.25) is 0 Å². The van der Waals surface area contributed by atoms with Gasteiger partial charge in [0.15, 0.2) is 0 Å². The highest BCUT2D eigenvalue weighted by Crippen LogP contribution is 2.35. The number of para-hydroxylation sites is 1. The number of thiazole rings is 1. The van der Waals surface area contributed by atoms with Crippen LogP contribution < -0.4 is 4.74 Å². The van der Waals surface area contributed by atoms with Crippen LogP contribution in [0.15, 0.2) is 60.7 Å². The van der Waals surface area contributed by atoms with Crippen molar-refractivity contribution in [3.63, 3.8) is 0 Å². The predicted octanol–water partition coefficient (Wildman–Crippen LogP) is 5.31. The Bertz CT molecular complexity index is 1060. The molecule has 0 bridgehead atoms. The van der Waals surface area contributed by atoms with Crippen LogP contribution in [0.5, 0.6) is 5.75 Å². The van der Waals surface area contributed by atoms with Crippen molar-refractivity contribution in [1.29, 1.82) is 5.26 Å². The van der Waals surface area contributed by atoms with Crippen LogP contribution in [0.4, 0.5) is 0 Å². The molecule has 0 saturated heterocycles. The number of methoxy groups -OCH3 is 1. The third kappa shape index (κ3) is 2.84. The molecule has 4 rings (SSSR count). The number of ether oxygens (including phenoxy) is 1. The van der Waals surface area contributed by atoms with Gasteiger partial charge in [0.2, 0.25) is 0 Å². The van der Waals surface area contributed by atoms with Gasteiger partial charge in [-0.05, 0) is 35.4 Å². The maximum Gasteiger partial charge on any atom is 0.122 e. The Morgan fingerprint density at radius 1 is 1.08 bits per heavy atom. The van der Waals surface area contributed by atoms with E-state index in [1.54, 1.807) is 18.4 Å². The number of aromatic nitrogens is 1. The fraction of sp³-hybridized carbons (Fsp3) is 0.143. The van der Waals surface area contributed by atoms with Crippen molar-refractivity contribution in [2.24, 2.45) is 0 Å². The van der Waals surface area contributed by atoms with E-state index in [-0.39, 0.29) is 5.92 Å². The van der Waals surface area contributed by atoms with E-state index in [1.165, 1.54) is 0 Å². The van der Waals surface area contributed by atoms with E-state index in [0.29, 0.717) is 6.42 Å². The average Bonchev–Trinajstić information content (AvgIpc) is 3.09. The lowest BCUT2D eigenvalue weighted by molar-refractivity contribution is 0.410. The number of benzene rings is 3. The molecule has 0 radical (unpaired) electrons. The largest absolute Gasteiger partial charge is 0.496 e. The van der Waals surface area contributed by atoms with Gasteiger partial charge in [-0.1, -0.05) is 42.5 Å². The van der Waals surface area contributed by atoms with E-state index in [9.17, 15) is 5.26 Å². The normalized spacial score (nSPS) is 12.2. The molecule has 0 saturated carbocycles. The quantitative estimate of drug-likeness (QED) is 0.504. The summed E-state index contributed by atoms with van der Waals surface area (Å²) in [5.41, 5.74) is 2.01. The molecule has 0 spiro atoms. The van der Waals surface area contributed by atoms with Crippen LogP contribution in [0.25, 0.3) is 21.0 Å². The number of nitriles is 1. The zero-order valence-corrected chi connectivity index (χ0v) is 14.6. The van der Waals surface area contributed by atoms with E-state index in [4.69, 9.17) is 4.74 Å². The Labute approximate surface area is 150 Å². The number of hydrogen-bond donors (Lipinski definition) is 0. The molecule has 1 aromatic heterocycles. The van der Waals surface area contributed by atoms with Gasteiger partial charge in [-0.15, -0.1) is 11.3 Å².